The summed E-state index contributed by atoms with van der Waals surface area (Å²) in [5, 5.41) is 25.6. The van der Waals surface area contributed by atoms with Crippen molar-refractivity contribution in [3.63, 3.8) is 0 Å². The second kappa shape index (κ2) is 13.9. The number of aliphatic carboxylic acids is 1. The van der Waals surface area contributed by atoms with Crippen molar-refractivity contribution in [3.8, 4) is 5.75 Å². The molecule has 0 spiro atoms. The molecule has 24 heavy (non-hydrogen) atoms. The van der Waals surface area contributed by atoms with E-state index >= 15 is 0 Å². The van der Waals surface area contributed by atoms with Crippen LogP contribution in [-0.4, -0.2) is 51.4 Å². The molecule has 1 rings (SSSR count). The van der Waals surface area contributed by atoms with Gasteiger partial charge in [-0.1, -0.05) is 12.1 Å². The normalized spacial score (nSPS) is 12.0. The lowest BCUT2D eigenvalue weighted by molar-refractivity contribution is -0.138. The molecule has 0 unspecified atom stereocenters. The van der Waals surface area contributed by atoms with Gasteiger partial charge in [0.25, 0.3) is 5.91 Å². The van der Waals surface area contributed by atoms with E-state index in [0.29, 0.717) is 6.42 Å². The molecule has 1 amide bonds. The molecule has 8 N–H and O–H groups in total. The first kappa shape index (κ1) is 24.7. The van der Waals surface area contributed by atoms with E-state index in [1.807, 2.05) is 6.26 Å². The number of thioether (sulfide) groups is 1. The molecule has 138 valence electrons. The van der Waals surface area contributed by atoms with Crippen molar-refractivity contribution in [2.75, 3.05) is 12.0 Å². The molecular formula is C14H24ClN3O5S. The van der Waals surface area contributed by atoms with Gasteiger partial charge in [-0.25, -0.2) is 5.48 Å². The summed E-state index contributed by atoms with van der Waals surface area (Å²) in [5.74, 6) is -0.552. The number of carboxylic acid groups (broad SMARTS) is 1. The summed E-state index contributed by atoms with van der Waals surface area (Å²) in [6, 6.07) is 4.84. The highest BCUT2D eigenvalue weighted by atomic mass is 35.5. The maximum absolute atomic E-state index is 10.5. The fourth-order valence-electron chi connectivity index (χ4n) is 1.43. The first-order chi connectivity index (χ1) is 10.8. The van der Waals surface area contributed by atoms with Gasteiger partial charge in [0.1, 0.15) is 11.8 Å². The highest BCUT2D eigenvalue weighted by molar-refractivity contribution is 7.98. The van der Waals surface area contributed by atoms with Crippen molar-refractivity contribution in [1.82, 2.24) is 5.48 Å². The van der Waals surface area contributed by atoms with Crippen molar-refractivity contribution >= 4 is 36.0 Å². The minimum atomic E-state index is -1.02. The van der Waals surface area contributed by atoms with E-state index in [1.165, 1.54) is 17.6 Å². The molecule has 1 aromatic rings. The summed E-state index contributed by atoms with van der Waals surface area (Å²) < 4.78 is 0. The number of amides is 1. The molecule has 0 saturated carbocycles. The highest BCUT2D eigenvalue weighted by Gasteiger charge is 2.11. The van der Waals surface area contributed by atoms with Crippen LogP contribution in [0.3, 0.4) is 0 Å². The van der Waals surface area contributed by atoms with E-state index in [0.717, 1.165) is 11.3 Å². The van der Waals surface area contributed by atoms with Crippen LogP contribution in [0.5, 0.6) is 5.75 Å². The number of phenols is 1. The van der Waals surface area contributed by atoms with E-state index in [-0.39, 0.29) is 24.6 Å². The Morgan fingerprint density at radius 3 is 2.17 bits per heavy atom. The minimum absolute atomic E-state index is 0. The number of hydrogen-bond acceptors (Lipinski definition) is 7. The van der Waals surface area contributed by atoms with E-state index in [9.17, 15) is 9.59 Å². The fraction of sp³-hybridized carbons (Fsp3) is 0.429. The number of halogens is 1. The third kappa shape index (κ3) is 11.1. The maximum Gasteiger partial charge on any atom is 0.320 e. The number of aromatic hydroxyl groups is 1. The number of benzene rings is 1. The van der Waals surface area contributed by atoms with E-state index in [2.05, 4.69) is 0 Å². The molecule has 0 saturated heterocycles. The second-order valence-corrected chi connectivity index (χ2v) is 5.66. The topological polar surface area (TPSA) is 159 Å². The van der Waals surface area contributed by atoms with Gasteiger partial charge in [-0.2, -0.15) is 11.8 Å². The van der Waals surface area contributed by atoms with Crippen molar-refractivity contribution in [1.29, 1.82) is 0 Å². The molecule has 0 heterocycles. The molecule has 0 aliphatic carbocycles. The van der Waals surface area contributed by atoms with Crippen LogP contribution >= 0.6 is 24.2 Å². The molecule has 10 heteroatoms. The Hall–Kier alpha value is -1.52. The minimum Gasteiger partial charge on any atom is -0.508 e. The molecular weight excluding hydrogens is 358 g/mol. The first-order valence-electron chi connectivity index (χ1n) is 6.76. The lowest BCUT2D eigenvalue weighted by Gasteiger charge is -2.06. The smallest absolute Gasteiger partial charge is 0.320 e. The van der Waals surface area contributed by atoms with Crippen LogP contribution in [0.1, 0.15) is 12.0 Å². The Kier molecular flexibility index (Phi) is 14.3. The summed E-state index contributed by atoms with van der Waals surface area (Å²) in [4.78, 5) is 20.9. The number of hydroxylamine groups is 1. The molecule has 8 nitrogen and oxygen atoms in total. The van der Waals surface area contributed by atoms with Crippen molar-refractivity contribution in [2.24, 2.45) is 11.5 Å². The number of rotatable bonds is 7. The number of hydrogen-bond donors (Lipinski definition) is 6. The van der Waals surface area contributed by atoms with Crippen LogP contribution in [0.25, 0.3) is 0 Å². The third-order valence-corrected chi connectivity index (χ3v) is 3.43. The fourth-order valence-corrected chi connectivity index (χ4v) is 1.92. The van der Waals surface area contributed by atoms with Crippen LogP contribution in [0.15, 0.2) is 24.3 Å². The lowest BCUT2D eigenvalue weighted by Crippen LogP contribution is -2.39. The lowest BCUT2D eigenvalue weighted by atomic mass is 10.1. The second-order valence-electron chi connectivity index (χ2n) is 4.68. The van der Waals surface area contributed by atoms with Gasteiger partial charge in [0, 0.05) is 0 Å². The number of carboxylic acids is 1. The monoisotopic (exact) mass is 381 g/mol. The van der Waals surface area contributed by atoms with Gasteiger partial charge in [0.05, 0.1) is 6.04 Å². The van der Waals surface area contributed by atoms with Crippen LogP contribution in [-0.2, 0) is 16.0 Å². The standard InChI is InChI=1S/C9H11NO3.C5H12N2O2S.ClH/c10-8(9(12)13)5-6-1-3-7(11)4-2-6;1-10-3-2-4(6)5(8)7-9;/h1-4,8,11H,5,10H2,(H,12,13);4,9H,2-3,6H2,1H3,(H,7,8);1H/t8-;4-;/m00./s1. The van der Waals surface area contributed by atoms with Gasteiger partial charge in [-0.3, -0.25) is 14.8 Å². The average Bonchev–Trinajstić information content (AvgIpc) is 2.54. The van der Waals surface area contributed by atoms with E-state index in [4.69, 9.17) is 26.9 Å². The molecule has 0 aliphatic heterocycles. The summed E-state index contributed by atoms with van der Waals surface area (Å²) >= 11 is 1.62. The molecule has 2 atom stereocenters. The number of nitrogens with one attached hydrogen (secondary N) is 1. The number of phenolic OH excluding ortho intramolecular Hbond substituents is 1. The van der Waals surface area contributed by atoms with Crippen LogP contribution in [0.4, 0.5) is 0 Å². The van der Waals surface area contributed by atoms with Gasteiger partial charge >= 0.3 is 5.97 Å². The Labute approximate surface area is 151 Å². The predicted octanol–water partition coefficient (Wildman–Crippen LogP) is 0.341. The van der Waals surface area contributed by atoms with Crippen molar-refractivity contribution in [2.45, 2.75) is 24.9 Å². The summed E-state index contributed by atoms with van der Waals surface area (Å²) in [5.41, 5.74) is 13.0. The van der Waals surface area contributed by atoms with Crippen molar-refractivity contribution < 1.29 is 25.0 Å². The molecule has 1 aromatic carbocycles. The number of nitrogens with two attached hydrogens (primary N) is 2. The van der Waals surface area contributed by atoms with Crippen LogP contribution in [0, 0.1) is 0 Å². The summed E-state index contributed by atoms with van der Waals surface area (Å²) in [7, 11) is 0. The molecule has 0 fully saturated rings. The van der Waals surface area contributed by atoms with E-state index < -0.39 is 24.0 Å². The van der Waals surface area contributed by atoms with Crippen molar-refractivity contribution in [3.05, 3.63) is 29.8 Å². The average molecular weight is 382 g/mol. The van der Waals surface area contributed by atoms with E-state index in [1.54, 1.807) is 23.9 Å². The maximum atomic E-state index is 10.5. The van der Waals surface area contributed by atoms with Crippen LogP contribution in [0.2, 0.25) is 0 Å². The van der Waals surface area contributed by atoms with Gasteiger partial charge in [0.2, 0.25) is 0 Å². The molecule has 0 bridgehead atoms. The highest BCUT2D eigenvalue weighted by Crippen LogP contribution is 2.10. The molecule has 0 aromatic heterocycles. The zero-order valence-electron chi connectivity index (χ0n) is 13.2. The Morgan fingerprint density at radius 2 is 1.75 bits per heavy atom. The van der Waals surface area contributed by atoms with Crippen LogP contribution < -0.4 is 16.9 Å². The first-order valence-corrected chi connectivity index (χ1v) is 8.16. The van der Waals surface area contributed by atoms with Gasteiger partial charge in [0.15, 0.2) is 0 Å². The summed E-state index contributed by atoms with van der Waals surface area (Å²) in [6.45, 7) is 0. The summed E-state index contributed by atoms with van der Waals surface area (Å²) in [6.07, 6.45) is 2.80. The molecule has 0 radical (unpaired) electrons. The third-order valence-electron chi connectivity index (χ3n) is 2.79. The van der Waals surface area contributed by atoms with Gasteiger partial charge < -0.3 is 21.7 Å². The zero-order valence-corrected chi connectivity index (χ0v) is 14.8. The Balaban J connectivity index is 0. The van der Waals surface area contributed by atoms with Gasteiger partial charge in [-0.15, -0.1) is 12.4 Å². The molecule has 0 aliphatic rings. The quantitative estimate of drug-likeness (QED) is 0.291. The Bertz CT molecular complexity index is 490. The largest absolute Gasteiger partial charge is 0.508 e. The number of carbonyl (C=O) groups excluding carboxylic acids is 1. The predicted molar refractivity (Wildman–Crippen MR) is 95.6 cm³/mol. The zero-order chi connectivity index (χ0) is 17.8. The SMILES string of the molecule is CSCC[C@H](N)C(=O)NO.Cl.N[C@@H](Cc1ccc(O)cc1)C(=O)O. The van der Waals surface area contributed by atoms with Gasteiger partial charge in [-0.05, 0) is 42.5 Å². The Morgan fingerprint density at radius 1 is 1.21 bits per heavy atom. The number of carbonyl (C=O) groups is 2.